The first-order chi connectivity index (χ1) is 10.9. The van der Waals surface area contributed by atoms with E-state index in [1.807, 2.05) is 6.20 Å². The highest BCUT2D eigenvalue weighted by Gasteiger charge is 2.25. The Morgan fingerprint density at radius 2 is 2.05 bits per heavy atom. The minimum Gasteiger partial charge on any atom is -0.371 e. The van der Waals surface area contributed by atoms with Gasteiger partial charge in [-0.25, -0.2) is 0 Å². The van der Waals surface area contributed by atoms with Gasteiger partial charge in [0.25, 0.3) is 0 Å². The lowest BCUT2D eigenvalue weighted by molar-refractivity contribution is -0.0330. The largest absolute Gasteiger partial charge is 0.371 e. The number of ether oxygens (including phenoxy) is 1. The normalized spacial score (nSPS) is 23.4. The van der Waals surface area contributed by atoms with E-state index in [1.165, 1.54) is 30.4 Å². The zero-order valence-corrected chi connectivity index (χ0v) is 12.9. The van der Waals surface area contributed by atoms with Crippen molar-refractivity contribution in [3.8, 4) is 0 Å². The first kappa shape index (κ1) is 14.0. The van der Waals surface area contributed by atoms with Crippen LogP contribution in [0.3, 0.4) is 0 Å². The number of rotatable bonds is 4. The first-order valence-electron chi connectivity index (χ1n) is 8.30. The summed E-state index contributed by atoms with van der Waals surface area (Å²) in [7, 11) is 0. The summed E-state index contributed by atoms with van der Waals surface area (Å²) in [6, 6.07) is 11.3. The lowest BCUT2D eigenvalue weighted by Crippen LogP contribution is -2.37. The summed E-state index contributed by atoms with van der Waals surface area (Å²) in [5, 5.41) is 4.54. The molecule has 0 bridgehead atoms. The lowest BCUT2D eigenvalue weighted by atomic mass is 9.93. The van der Waals surface area contributed by atoms with Gasteiger partial charge in [0, 0.05) is 31.4 Å². The third-order valence-electron chi connectivity index (χ3n) is 4.84. The van der Waals surface area contributed by atoms with Gasteiger partial charge >= 0.3 is 0 Å². The van der Waals surface area contributed by atoms with Crippen molar-refractivity contribution in [2.45, 2.75) is 38.0 Å². The van der Waals surface area contributed by atoms with Gasteiger partial charge in [-0.2, -0.15) is 5.10 Å². The number of hydrogen-bond donors (Lipinski definition) is 0. The summed E-state index contributed by atoms with van der Waals surface area (Å²) in [4.78, 5) is 2.48. The Balaban J connectivity index is 1.41. The molecule has 1 aromatic heterocycles. The molecule has 0 radical (unpaired) electrons. The van der Waals surface area contributed by atoms with E-state index in [2.05, 4.69) is 51.2 Å². The van der Waals surface area contributed by atoms with Crippen LogP contribution in [-0.2, 0) is 11.3 Å². The van der Waals surface area contributed by atoms with E-state index in [0.717, 1.165) is 26.2 Å². The highest BCUT2D eigenvalue weighted by Crippen LogP contribution is 2.32. The monoisotopic (exact) mass is 297 g/mol. The molecule has 2 aliphatic rings. The average molecular weight is 297 g/mol. The second-order valence-electron chi connectivity index (χ2n) is 6.42. The van der Waals surface area contributed by atoms with Gasteiger partial charge in [-0.1, -0.05) is 30.3 Å². The van der Waals surface area contributed by atoms with E-state index in [1.54, 1.807) is 0 Å². The predicted octanol–water partition coefficient (Wildman–Crippen LogP) is 3.18. The minimum absolute atomic E-state index is 0.159. The van der Waals surface area contributed by atoms with Gasteiger partial charge in [0.1, 0.15) is 0 Å². The molecule has 0 spiro atoms. The summed E-state index contributed by atoms with van der Waals surface area (Å²) in [6.07, 6.45) is 8.23. The molecule has 1 unspecified atom stereocenters. The molecule has 1 aliphatic carbocycles. The fourth-order valence-corrected chi connectivity index (χ4v) is 3.26. The van der Waals surface area contributed by atoms with Gasteiger partial charge in [0.2, 0.25) is 0 Å². The molecule has 2 heterocycles. The predicted molar refractivity (Wildman–Crippen MR) is 85.5 cm³/mol. The molecule has 22 heavy (non-hydrogen) atoms. The molecular formula is C18H23N3O. The second-order valence-corrected chi connectivity index (χ2v) is 6.42. The van der Waals surface area contributed by atoms with Crippen molar-refractivity contribution in [1.82, 2.24) is 14.7 Å². The second kappa shape index (κ2) is 6.23. The quantitative estimate of drug-likeness (QED) is 0.868. The Hall–Kier alpha value is -1.65. The van der Waals surface area contributed by atoms with Crippen LogP contribution in [-0.4, -0.2) is 34.4 Å². The minimum atomic E-state index is 0.159. The van der Waals surface area contributed by atoms with E-state index in [0.29, 0.717) is 6.04 Å². The van der Waals surface area contributed by atoms with Crippen LogP contribution in [0.25, 0.3) is 0 Å². The summed E-state index contributed by atoms with van der Waals surface area (Å²) >= 11 is 0. The molecule has 2 fully saturated rings. The molecule has 116 valence electrons. The fraction of sp³-hybridized carbons (Fsp3) is 0.500. The summed E-state index contributed by atoms with van der Waals surface area (Å²) in [6.45, 7) is 3.75. The van der Waals surface area contributed by atoms with Crippen molar-refractivity contribution >= 4 is 0 Å². The molecule has 1 aliphatic heterocycles. The molecule has 0 N–H and O–H groups in total. The SMILES string of the molecule is c1ccc(CN2CCOC(c3cnn(C4CCC4)c3)C2)cc1. The van der Waals surface area contributed by atoms with Gasteiger partial charge in [-0.15, -0.1) is 0 Å². The summed E-state index contributed by atoms with van der Waals surface area (Å²) in [5.74, 6) is 0. The molecule has 1 saturated carbocycles. The fourth-order valence-electron chi connectivity index (χ4n) is 3.26. The Labute approximate surface area is 131 Å². The Kier molecular flexibility index (Phi) is 3.95. The van der Waals surface area contributed by atoms with Crippen molar-refractivity contribution in [1.29, 1.82) is 0 Å². The highest BCUT2D eigenvalue weighted by atomic mass is 16.5. The van der Waals surface area contributed by atoms with E-state index in [4.69, 9.17) is 4.74 Å². The van der Waals surface area contributed by atoms with E-state index in [-0.39, 0.29) is 6.10 Å². The van der Waals surface area contributed by atoms with Crippen LogP contribution in [0.15, 0.2) is 42.7 Å². The highest BCUT2D eigenvalue weighted by molar-refractivity contribution is 5.15. The van der Waals surface area contributed by atoms with Crippen LogP contribution < -0.4 is 0 Å². The standard InChI is InChI=1S/C18H23N3O/c1-2-5-15(6-3-1)12-20-9-10-22-18(14-20)16-11-19-21(13-16)17-7-4-8-17/h1-3,5-6,11,13,17-18H,4,7-10,12,14H2. The Morgan fingerprint density at radius 1 is 1.18 bits per heavy atom. The third-order valence-corrected chi connectivity index (χ3v) is 4.84. The van der Waals surface area contributed by atoms with Crippen molar-refractivity contribution in [2.75, 3.05) is 19.7 Å². The number of aromatic nitrogens is 2. The maximum absolute atomic E-state index is 5.98. The first-order valence-corrected chi connectivity index (χ1v) is 8.30. The molecule has 1 atom stereocenters. The molecule has 4 rings (SSSR count). The number of morpholine rings is 1. The van der Waals surface area contributed by atoms with Crippen molar-refractivity contribution in [3.63, 3.8) is 0 Å². The topological polar surface area (TPSA) is 30.3 Å². The third kappa shape index (κ3) is 2.94. The molecule has 4 heteroatoms. The number of nitrogens with zero attached hydrogens (tertiary/aromatic N) is 3. The van der Waals surface area contributed by atoms with Crippen LogP contribution >= 0.6 is 0 Å². The van der Waals surface area contributed by atoms with Gasteiger partial charge in [-0.3, -0.25) is 9.58 Å². The maximum atomic E-state index is 5.98. The van der Waals surface area contributed by atoms with Crippen LogP contribution in [0.5, 0.6) is 0 Å². The van der Waals surface area contributed by atoms with Gasteiger partial charge in [0.15, 0.2) is 0 Å². The van der Waals surface area contributed by atoms with Crippen LogP contribution in [0, 0.1) is 0 Å². The van der Waals surface area contributed by atoms with Crippen molar-refractivity contribution < 1.29 is 4.74 Å². The Bertz CT molecular complexity index is 606. The van der Waals surface area contributed by atoms with Gasteiger partial charge < -0.3 is 4.74 Å². The number of hydrogen-bond acceptors (Lipinski definition) is 3. The molecule has 2 aromatic rings. The van der Waals surface area contributed by atoms with Gasteiger partial charge in [0.05, 0.1) is 24.9 Å². The zero-order chi connectivity index (χ0) is 14.8. The Morgan fingerprint density at radius 3 is 2.82 bits per heavy atom. The van der Waals surface area contributed by atoms with Crippen molar-refractivity contribution in [3.05, 3.63) is 53.9 Å². The number of benzene rings is 1. The maximum Gasteiger partial charge on any atom is 0.0982 e. The molecule has 0 amide bonds. The van der Waals surface area contributed by atoms with Crippen LogP contribution in [0.4, 0.5) is 0 Å². The summed E-state index contributed by atoms with van der Waals surface area (Å²) in [5.41, 5.74) is 2.60. The smallest absolute Gasteiger partial charge is 0.0982 e. The molecule has 1 aromatic carbocycles. The molecule has 4 nitrogen and oxygen atoms in total. The molecule has 1 saturated heterocycles. The average Bonchev–Trinajstić information content (AvgIpc) is 2.96. The molecular weight excluding hydrogens is 274 g/mol. The van der Waals surface area contributed by atoms with E-state index >= 15 is 0 Å². The van der Waals surface area contributed by atoms with Crippen LogP contribution in [0.1, 0.15) is 42.5 Å². The van der Waals surface area contributed by atoms with E-state index in [9.17, 15) is 0 Å². The zero-order valence-electron chi connectivity index (χ0n) is 12.9. The van der Waals surface area contributed by atoms with Crippen molar-refractivity contribution in [2.24, 2.45) is 0 Å². The van der Waals surface area contributed by atoms with Crippen LogP contribution in [0.2, 0.25) is 0 Å². The lowest BCUT2D eigenvalue weighted by Gasteiger charge is -2.32. The van der Waals surface area contributed by atoms with E-state index < -0.39 is 0 Å². The summed E-state index contributed by atoms with van der Waals surface area (Å²) < 4.78 is 8.12. The van der Waals surface area contributed by atoms with Gasteiger partial charge in [-0.05, 0) is 24.8 Å².